The zero-order valence-electron chi connectivity index (χ0n) is 14.0. The van der Waals surface area contributed by atoms with Crippen molar-refractivity contribution in [2.24, 2.45) is 5.92 Å². The van der Waals surface area contributed by atoms with Crippen LogP contribution in [0.5, 0.6) is 11.5 Å². The first kappa shape index (κ1) is 17.0. The second-order valence-electron chi connectivity index (χ2n) is 6.02. The van der Waals surface area contributed by atoms with Gasteiger partial charge in [-0.1, -0.05) is 13.8 Å². The van der Waals surface area contributed by atoms with Crippen LogP contribution in [0.4, 0.5) is 0 Å². The second kappa shape index (κ2) is 6.93. The lowest BCUT2D eigenvalue weighted by Crippen LogP contribution is -2.47. The van der Waals surface area contributed by atoms with Gasteiger partial charge in [0.1, 0.15) is 6.04 Å². The van der Waals surface area contributed by atoms with E-state index < -0.39 is 6.04 Å². The number of rotatable bonds is 4. The van der Waals surface area contributed by atoms with Crippen LogP contribution in [0.3, 0.4) is 0 Å². The van der Waals surface area contributed by atoms with Gasteiger partial charge in [0.15, 0.2) is 11.5 Å². The summed E-state index contributed by atoms with van der Waals surface area (Å²) >= 11 is 1.62. The summed E-state index contributed by atoms with van der Waals surface area (Å²) in [5, 5.41) is -0.0580. The Labute approximate surface area is 145 Å². The van der Waals surface area contributed by atoms with Crippen molar-refractivity contribution in [2.45, 2.75) is 32.2 Å². The van der Waals surface area contributed by atoms with E-state index >= 15 is 0 Å². The van der Waals surface area contributed by atoms with Crippen LogP contribution in [0.15, 0.2) is 18.2 Å². The predicted octanol–water partition coefficient (Wildman–Crippen LogP) is 2.52. The maximum absolute atomic E-state index is 13.1. The molecule has 2 aliphatic heterocycles. The van der Waals surface area contributed by atoms with E-state index in [-0.39, 0.29) is 30.0 Å². The molecule has 1 fully saturated rings. The summed E-state index contributed by atoms with van der Waals surface area (Å²) in [4.78, 5) is 27.0. The van der Waals surface area contributed by atoms with E-state index in [0.717, 1.165) is 0 Å². The van der Waals surface area contributed by atoms with Gasteiger partial charge < -0.3 is 19.1 Å². The first-order valence-electron chi connectivity index (χ1n) is 8.03. The molecule has 130 valence electrons. The second-order valence-corrected chi connectivity index (χ2v) is 7.17. The summed E-state index contributed by atoms with van der Waals surface area (Å²) < 4.78 is 15.8. The molecule has 1 aromatic carbocycles. The lowest BCUT2D eigenvalue weighted by molar-refractivity contribution is -0.147. The fourth-order valence-corrected chi connectivity index (χ4v) is 4.36. The van der Waals surface area contributed by atoms with Crippen LogP contribution in [0.1, 0.15) is 31.1 Å². The Balaban J connectivity index is 1.89. The number of carbonyl (C=O) groups is 2. The first-order valence-corrected chi connectivity index (χ1v) is 9.08. The van der Waals surface area contributed by atoms with Crippen molar-refractivity contribution in [1.82, 2.24) is 4.90 Å². The summed E-state index contributed by atoms with van der Waals surface area (Å²) in [6.07, 6.45) is 0. The minimum atomic E-state index is -0.555. The van der Waals surface area contributed by atoms with Crippen molar-refractivity contribution < 1.29 is 23.8 Å². The van der Waals surface area contributed by atoms with Gasteiger partial charge in [0.05, 0.1) is 12.0 Å². The van der Waals surface area contributed by atoms with Gasteiger partial charge in [-0.25, -0.2) is 4.79 Å². The summed E-state index contributed by atoms with van der Waals surface area (Å²) in [7, 11) is 0. The number of carbonyl (C=O) groups excluding carboxylic acids is 2. The Morgan fingerprint density at radius 2 is 2.08 bits per heavy atom. The molecule has 3 rings (SSSR count). The van der Waals surface area contributed by atoms with Crippen LogP contribution < -0.4 is 9.47 Å². The molecule has 1 saturated heterocycles. The average molecular weight is 351 g/mol. The van der Waals surface area contributed by atoms with E-state index in [0.29, 0.717) is 29.4 Å². The highest BCUT2D eigenvalue weighted by Gasteiger charge is 2.44. The molecule has 0 N–H and O–H groups in total. The smallest absolute Gasteiger partial charge is 0.329 e. The molecular formula is C17H21NO5S. The topological polar surface area (TPSA) is 65.1 Å². The van der Waals surface area contributed by atoms with Gasteiger partial charge in [-0.05, 0) is 31.0 Å². The SMILES string of the molecule is CCOC(=O)C1CSC(C(C)C)N1C(=O)c1ccc2c(c1)OCO2. The molecule has 6 nitrogen and oxygen atoms in total. The van der Waals surface area contributed by atoms with Gasteiger partial charge in [-0.2, -0.15) is 0 Å². The Morgan fingerprint density at radius 3 is 2.79 bits per heavy atom. The summed E-state index contributed by atoms with van der Waals surface area (Å²) in [5.41, 5.74) is 0.488. The molecular weight excluding hydrogens is 330 g/mol. The van der Waals surface area contributed by atoms with Crippen molar-refractivity contribution in [2.75, 3.05) is 19.2 Å². The normalized spacial score (nSPS) is 22.1. The lowest BCUT2D eigenvalue weighted by Gasteiger charge is -2.30. The number of thioether (sulfide) groups is 1. The Bertz CT molecular complexity index is 648. The van der Waals surface area contributed by atoms with Gasteiger partial charge in [0.25, 0.3) is 5.91 Å². The molecule has 2 heterocycles. The third-order valence-corrected chi connectivity index (χ3v) is 5.64. The Hall–Kier alpha value is -1.89. The molecule has 0 saturated carbocycles. The van der Waals surface area contributed by atoms with Gasteiger partial charge in [0.2, 0.25) is 6.79 Å². The quantitative estimate of drug-likeness (QED) is 0.777. The number of esters is 1. The molecule has 1 aromatic rings. The zero-order valence-corrected chi connectivity index (χ0v) is 14.8. The lowest BCUT2D eigenvalue weighted by atomic mass is 10.1. The van der Waals surface area contributed by atoms with Crippen LogP contribution in [0.25, 0.3) is 0 Å². The molecule has 1 amide bonds. The van der Waals surface area contributed by atoms with Crippen molar-refractivity contribution in [1.29, 1.82) is 0 Å². The van der Waals surface area contributed by atoms with E-state index in [9.17, 15) is 9.59 Å². The molecule has 0 spiro atoms. The third-order valence-electron chi connectivity index (χ3n) is 4.02. The van der Waals surface area contributed by atoms with Gasteiger partial charge in [-0.3, -0.25) is 4.79 Å². The number of hydrogen-bond acceptors (Lipinski definition) is 6. The molecule has 0 aliphatic carbocycles. The molecule has 7 heteroatoms. The van der Waals surface area contributed by atoms with Gasteiger partial charge in [-0.15, -0.1) is 11.8 Å². The number of benzene rings is 1. The summed E-state index contributed by atoms with van der Waals surface area (Å²) in [5.74, 6) is 1.44. The van der Waals surface area contributed by atoms with E-state index in [1.54, 1.807) is 41.8 Å². The van der Waals surface area contributed by atoms with Crippen LogP contribution in [0, 0.1) is 5.92 Å². The first-order chi connectivity index (χ1) is 11.5. The maximum Gasteiger partial charge on any atom is 0.329 e. The average Bonchev–Trinajstić information content (AvgIpc) is 3.20. The van der Waals surface area contributed by atoms with Crippen LogP contribution in [0.2, 0.25) is 0 Å². The number of amides is 1. The molecule has 0 radical (unpaired) electrons. The Kier molecular flexibility index (Phi) is 4.89. The minimum absolute atomic E-state index is 0.0580. The molecule has 2 unspecified atom stereocenters. The van der Waals surface area contributed by atoms with E-state index in [2.05, 4.69) is 0 Å². The summed E-state index contributed by atoms with van der Waals surface area (Å²) in [6, 6.07) is 4.55. The highest BCUT2D eigenvalue weighted by Crippen LogP contribution is 2.37. The monoisotopic (exact) mass is 351 g/mol. The van der Waals surface area contributed by atoms with E-state index in [4.69, 9.17) is 14.2 Å². The van der Waals surface area contributed by atoms with Crippen molar-refractivity contribution in [3.8, 4) is 11.5 Å². The molecule has 0 aromatic heterocycles. The van der Waals surface area contributed by atoms with Gasteiger partial charge in [0, 0.05) is 11.3 Å². The number of nitrogens with zero attached hydrogens (tertiary/aromatic N) is 1. The third kappa shape index (κ3) is 3.05. The highest BCUT2D eigenvalue weighted by atomic mass is 32.2. The van der Waals surface area contributed by atoms with Gasteiger partial charge >= 0.3 is 5.97 Å². The van der Waals surface area contributed by atoms with Crippen molar-refractivity contribution >= 4 is 23.6 Å². The minimum Gasteiger partial charge on any atom is -0.464 e. The number of ether oxygens (including phenoxy) is 3. The van der Waals surface area contributed by atoms with Crippen molar-refractivity contribution in [3.05, 3.63) is 23.8 Å². The molecule has 24 heavy (non-hydrogen) atoms. The van der Waals surface area contributed by atoms with Crippen LogP contribution >= 0.6 is 11.8 Å². The van der Waals surface area contributed by atoms with Crippen molar-refractivity contribution in [3.63, 3.8) is 0 Å². The molecule has 2 aliphatic rings. The maximum atomic E-state index is 13.1. The largest absolute Gasteiger partial charge is 0.464 e. The predicted molar refractivity (Wildman–Crippen MR) is 90.2 cm³/mol. The fraction of sp³-hybridized carbons (Fsp3) is 0.529. The fourth-order valence-electron chi connectivity index (χ4n) is 2.90. The Morgan fingerprint density at radius 1 is 1.33 bits per heavy atom. The zero-order chi connectivity index (χ0) is 17.3. The van der Waals surface area contributed by atoms with Crippen LogP contribution in [-0.4, -0.2) is 47.3 Å². The number of fused-ring (bicyclic) bond motifs is 1. The van der Waals surface area contributed by atoms with Crippen LogP contribution in [-0.2, 0) is 9.53 Å². The standard InChI is InChI=1S/C17H21NO5S/c1-4-21-17(20)12-8-24-16(10(2)3)18(12)15(19)11-5-6-13-14(7-11)23-9-22-13/h5-7,10,12,16H,4,8-9H2,1-3H3. The number of hydrogen-bond donors (Lipinski definition) is 0. The summed E-state index contributed by atoms with van der Waals surface area (Å²) in [6.45, 7) is 6.32. The molecule has 0 bridgehead atoms. The van der Waals surface area contributed by atoms with E-state index in [1.165, 1.54) is 0 Å². The highest BCUT2D eigenvalue weighted by molar-refractivity contribution is 8.00. The van der Waals surface area contributed by atoms with E-state index in [1.807, 2.05) is 13.8 Å². The molecule has 2 atom stereocenters.